The molecule has 0 saturated carbocycles. The van der Waals surface area contributed by atoms with Crippen LogP contribution in [0.1, 0.15) is 36.1 Å². The number of hydrogen-bond acceptors (Lipinski definition) is 2. The Balaban J connectivity index is 0.00000160. The van der Waals surface area contributed by atoms with Gasteiger partial charge in [0, 0.05) is 32.7 Å². The van der Waals surface area contributed by atoms with Crippen LogP contribution in [-0.2, 0) is 42.7 Å². The molecule has 1 unspecified atom stereocenters. The van der Waals surface area contributed by atoms with Crippen molar-refractivity contribution < 1.29 is 53.5 Å². The quantitative estimate of drug-likeness (QED) is 0.570. The number of benzene rings is 3. The average Bonchev–Trinajstić information content (AvgIpc) is 3.06. The second-order valence-corrected chi connectivity index (χ2v) is 8.83. The van der Waals surface area contributed by atoms with E-state index in [4.69, 9.17) is 0 Å². The molecule has 0 saturated heterocycles. The summed E-state index contributed by atoms with van der Waals surface area (Å²) in [7, 11) is -3.64. The topological polar surface area (TPSA) is 46.2 Å². The normalized spacial score (nSPS) is 14.9. The van der Waals surface area contributed by atoms with Crippen LogP contribution in [0, 0.1) is 6.92 Å². The van der Waals surface area contributed by atoms with Crippen LogP contribution in [0.15, 0.2) is 83.3 Å². The summed E-state index contributed by atoms with van der Waals surface area (Å²) >= 11 is 0. The molecule has 0 aromatic heterocycles. The van der Waals surface area contributed by atoms with Crippen LogP contribution in [0.3, 0.4) is 0 Å². The van der Waals surface area contributed by atoms with Gasteiger partial charge in [0.05, 0.1) is 10.9 Å². The monoisotopic (exact) mass is 513 g/mol. The molecule has 0 aliphatic heterocycles. The van der Waals surface area contributed by atoms with Crippen LogP contribution in [0.5, 0.6) is 0 Å². The summed E-state index contributed by atoms with van der Waals surface area (Å²) in [5.41, 5.74) is 6.37. The van der Waals surface area contributed by atoms with Gasteiger partial charge in [-0.3, -0.25) is 0 Å². The van der Waals surface area contributed by atoms with E-state index in [0.717, 1.165) is 39.8 Å². The Morgan fingerprint density at radius 3 is 2.20 bits per heavy atom. The van der Waals surface area contributed by atoms with Crippen LogP contribution in [-0.4, -0.2) is 8.42 Å². The molecular weight excluding hydrogens is 491 g/mol. The van der Waals surface area contributed by atoms with Gasteiger partial charge in [0.1, 0.15) is 0 Å². The Labute approximate surface area is 210 Å². The number of halogens is 1. The van der Waals surface area contributed by atoms with Gasteiger partial charge in [-0.1, -0.05) is 79.2 Å². The Kier molecular flexibility index (Phi) is 8.61. The van der Waals surface area contributed by atoms with Crippen LogP contribution in [0.4, 0.5) is 0 Å². The SMILES string of the molecule is CCC1=Cc2cccc(-c3ccccc3)c2C1NS(=O)(=O)c1ccc(C)cc1.[Cl-].[Y]. The summed E-state index contributed by atoms with van der Waals surface area (Å²) in [5, 5.41) is 0. The minimum Gasteiger partial charge on any atom is -1.00 e. The van der Waals surface area contributed by atoms with Gasteiger partial charge in [0.2, 0.25) is 10.0 Å². The molecule has 1 aliphatic rings. The predicted molar refractivity (Wildman–Crippen MR) is 114 cm³/mol. The van der Waals surface area contributed by atoms with Gasteiger partial charge in [-0.05, 0) is 53.3 Å². The van der Waals surface area contributed by atoms with E-state index in [1.54, 1.807) is 12.1 Å². The molecule has 1 radical (unpaired) electrons. The third-order valence-corrected chi connectivity index (χ3v) is 6.68. The molecule has 3 nitrogen and oxygen atoms in total. The molecule has 3 aromatic carbocycles. The molecule has 0 amide bonds. The Morgan fingerprint density at radius 2 is 1.57 bits per heavy atom. The average molecular weight is 514 g/mol. The summed E-state index contributed by atoms with van der Waals surface area (Å²) < 4.78 is 29.1. The van der Waals surface area contributed by atoms with Crippen LogP contribution < -0.4 is 17.1 Å². The van der Waals surface area contributed by atoms with E-state index in [2.05, 4.69) is 42.0 Å². The molecule has 1 N–H and O–H groups in total. The first-order valence-electron chi connectivity index (χ1n) is 9.47. The second-order valence-electron chi connectivity index (χ2n) is 7.11. The summed E-state index contributed by atoms with van der Waals surface area (Å²) in [5.74, 6) is 0. The summed E-state index contributed by atoms with van der Waals surface area (Å²) in [4.78, 5) is 0.291. The first-order valence-corrected chi connectivity index (χ1v) is 11.0. The fourth-order valence-electron chi connectivity index (χ4n) is 3.75. The summed E-state index contributed by atoms with van der Waals surface area (Å²) in [6.45, 7) is 4.01. The molecule has 1 atom stereocenters. The van der Waals surface area contributed by atoms with Gasteiger partial charge in [-0.25, -0.2) is 8.42 Å². The fraction of sp³-hybridized carbons (Fsp3) is 0.167. The molecule has 30 heavy (non-hydrogen) atoms. The number of rotatable bonds is 5. The first-order chi connectivity index (χ1) is 13.5. The van der Waals surface area contributed by atoms with Crippen molar-refractivity contribution in [2.75, 3.05) is 0 Å². The van der Waals surface area contributed by atoms with Gasteiger partial charge in [-0.15, -0.1) is 0 Å². The van der Waals surface area contributed by atoms with Crippen molar-refractivity contribution in [1.29, 1.82) is 0 Å². The Bertz CT molecular complexity index is 1140. The number of aryl methyl sites for hydroxylation is 1. The second kappa shape index (κ2) is 10.3. The van der Waals surface area contributed by atoms with Crippen molar-refractivity contribution in [2.24, 2.45) is 0 Å². The minimum absolute atomic E-state index is 0. The van der Waals surface area contributed by atoms with Crippen LogP contribution >= 0.6 is 0 Å². The number of fused-ring (bicyclic) bond motifs is 1. The molecule has 4 rings (SSSR count). The maximum absolute atomic E-state index is 13.1. The number of nitrogens with one attached hydrogen (secondary N) is 1. The Morgan fingerprint density at radius 1 is 0.900 bits per heavy atom. The van der Waals surface area contributed by atoms with E-state index in [9.17, 15) is 8.42 Å². The zero-order valence-electron chi connectivity index (χ0n) is 17.0. The zero-order chi connectivity index (χ0) is 19.7. The minimum atomic E-state index is -3.64. The summed E-state index contributed by atoms with van der Waals surface area (Å²) in [6.07, 6.45) is 2.90. The van der Waals surface area contributed by atoms with Crippen molar-refractivity contribution in [3.8, 4) is 11.1 Å². The third-order valence-electron chi connectivity index (χ3n) is 5.24. The molecule has 0 spiro atoms. The first kappa shape index (κ1) is 25.0. The molecule has 1 aliphatic carbocycles. The molecular formula is C24H23ClNO2SY-. The molecule has 0 fully saturated rings. The largest absolute Gasteiger partial charge is 1.00 e. The van der Waals surface area contributed by atoms with Crippen molar-refractivity contribution >= 4 is 16.1 Å². The van der Waals surface area contributed by atoms with Crippen LogP contribution in [0.2, 0.25) is 0 Å². The zero-order valence-corrected chi connectivity index (χ0v) is 21.4. The van der Waals surface area contributed by atoms with E-state index in [1.807, 2.05) is 43.3 Å². The molecule has 153 valence electrons. The maximum Gasteiger partial charge on any atom is 0.241 e. The van der Waals surface area contributed by atoms with E-state index in [1.165, 1.54) is 0 Å². The van der Waals surface area contributed by atoms with Crippen molar-refractivity contribution in [3.05, 3.63) is 95.1 Å². The predicted octanol–water partition coefficient (Wildman–Crippen LogP) is 2.49. The smallest absolute Gasteiger partial charge is 0.241 e. The van der Waals surface area contributed by atoms with Crippen molar-refractivity contribution in [1.82, 2.24) is 4.72 Å². The van der Waals surface area contributed by atoms with Gasteiger partial charge >= 0.3 is 0 Å². The van der Waals surface area contributed by atoms with Gasteiger partial charge in [0.25, 0.3) is 0 Å². The van der Waals surface area contributed by atoms with E-state index in [-0.39, 0.29) is 51.2 Å². The van der Waals surface area contributed by atoms with E-state index < -0.39 is 10.0 Å². The Hall–Kier alpha value is -1.30. The summed E-state index contributed by atoms with van der Waals surface area (Å²) in [6, 6.07) is 22.9. The molecule has 3 aromatic rings. The fourth-order valence-corrected chi connectivity index (χ4v) is 4.96. The van der Waals surface area contributed by atoms with E-state index >= 15 is 0 Å². The maximum atomic E-state index is 13.1. The molecule has 0 heterocycles. The molecule has 6 heteroatoms. The standard InChI is InChI=1S/C24H23NO2S.ClH.Y/c1-3-18-16-20-10-7-11-22(19-8-5-4-6-9-19)23(20)24(18)25-28(26,27)21-14-12-17(2)13-15-21;;/h4-16,24-25H,3H2,1-2H3;1H;/p-1. The van der Waals surface area contributed by atoms with Crippen molar-refractivity contribution in [3.63, 3.8) is 0 Å². The van der Waals surface area contributed by atoms with Gasteiger partial charge in [-0.2, -0.15) is 4.72 Å². The molecule has 0 bridgehead atoms. The van der Waals surface area contributed by atoms with Crippen molar-refractivity contribution in [2.45, 2.75) is 31.2 Å². The van der Waals surface area contributed by atoms with E-state index in [0.29, 0.717) is 4.90 Å². The number of sulfonamides is 1. The van der Waals surface area contributed by atoms with Crippen LogP contribution in [0.25, 0.3) is 17.2 Å². The number of hydrogen-bond donors (Lipinski definition) is 1. The van der Waals surface area contributed by atoms with Gasteiger partial charge in [0.15, 0.2) is 0 Å². The van der Waals surface area contributed by atoms with Gasteiger partial charge < -0.3 is 12.4 Å². The third kappa shape index (κ3) is 4.95.